The monoisotopic (exact) mass is 582 g/mol. The fourth-order valence-corrected chi connectivity index (χ4v) is 7.32. The van der Waals surface area contributed by atoms with E-state index in [4.69, 9.17) is 4.74 Å². The average molecular weight is 583 g/mol. The Balaban J connectivity index is 1.80. The SMILES string of the molecule is C=CC(=O)N1[C@H](C)CN(c2nc(=O)n3c4c(c(C5C=C(F)C=C5F)c(C(F)(F)F)cc24)SC[C@@H]3COC)C[C@@H]1C. The number of anilines is 1. The molecule has 1 amide bonds. The maximum absolute atomic E-state index is 14.8. The van der Waals surface area contributed by atoms with Crippen LogP contribution in [0.15, 0.2) is 52.2 Å². The molecule has 1 aromatic carbocycles. The van der Waals surface area contributed by atoms with Crippen LogP contribution < -0.4 is 10.6 Å². The zero-order valence-corrected chi connectivity index (χ0v) is 22.8. The van der Waals surface area contributed by atoms with Crippen molar-refractivity contribution >= 4 is 34.4 Å². The van der Waals surface area contributed by atoms with Gasteiger partial charge in [-0.15, -0.1) is 11.8 Å². The lowest BCUT2D eigenvalue weighted by Crippen LogP contribution is -2.58. The zero-order valence-electron chi connectivity index (χ0n) is 22.0. The maximum Gasteiger partial charge on any atom is 0.416 e. The minimum absolute atomic E-state index is 0.0433. The molecule has 2 aromatic rings. The second-order valence-electron chi connectivity index (χ2n) is 10.2. The second kappa shape index (κ2) is 10.3. The number of carbonyl (C=O) groups is 1. The van der Waals surface area contributed by atoms with Gasteiger partial charge in [-0.2, -0.15) is 18.2 Å². The Hall–Kier alpha value is -3.19. The molecule has 3 aliphatic rings. The number of rotatable bonds is 5. The number of amides is 1. The Kier molecular flexibility index (Phi) is 7.32. The quantitative estimate of drug-likeness (QED) is 0.360. The molecule has 7 nitrogen and oxygen atoms in total. The van der Waals surface area contributed by atoms with E-state index in [0.29, 0.717) is 6.08 Å². The summed E-state index contributed by atoms with van der Waals surface area (Å²) in [5.74, 6) is -3.67. The van der Waals surface area contributed by atoms with E-state index >= 15 is 0 Å². The predicted molar refractivity (Wildman–Crippen MR) is 142 cm³/mol. The molecule has 0 spiro atoms. The molecule has 0 radical (unpaired) electrons. The van der Waals surface area contributed by atoms with Gasteiger partial charge in [-0.05, 0) is 37.6 Å². The number of hydrogen-bond donors (Lipinski definition) is 0. The highest BCUT2D eigenvalue weighted by Crippen LogP contribution is 2.51. The minimum atomic E-state index is -4.91. The summed E-state index contributed by atoms with van der Waals surface area (Å²) in [5, 5.41) is 0.0636. The van der Waals surface area contributed by atoms with E-state index in [2.05, 4.69) is 11.6 Å². The van der Waals surface area contributed by atoms with Gasteiger partial charge in [-0.25, -0.2) is 13.6 Å². The zero-order chi connectivity index (χ0) is 29.1. The number of aromatic nitrogens is 2. The van der Waals surface area contributed by atoms with Gasteiger partial charge in [0.05, 0.1) is 29.6 Å². The molecule has 0 saturated carbocycles. The van der Waals surface area contributed by atoms with Crippen LogP contribution in [0.4, 0.5) is 27.8 Å². The van der Waals surface area contributed by atoms with Crippen molar-refractivity contribution in [1.82, 2.24) is 14.5 Å². The third kappa shape index (κ3) is 4.62. The summed E-state index contributed by atoms with van der Waals surface area (Å²) in [7, 11) is 1.45. The molecule has 1 unspecified atom stereocenters. The Bertz CT molecular complexity index is 1510. The van der Waals surface area contributed by atoms with E-state index in [0.717, 1.165) is 23.9 Å². The lowest BCUT2D eigenvalue weighted by Gasteiger charge is -2.45. The Labute approximate surface area is 231 Å². The number of ether oxygens (including phenoxy) is 1. The molecule has 40 heavy (non-hydrogen) atoms. The summed E-state index contributed by atoms with van der Waals surface area (Å²) in [5.41, 5.74) is -2.07. The molecule has 1 aliphatic carbocycles. The van der Waals surface area contributed by atoms with Crippen LogP contribution in [0.2, 0.25) is 0 Å². The molecule has 1 saturated heterocycles. The van der Waals surface area contributed by atoms with Crippen molar-refractivity contribution in [1.29, 1.82) is 0 Å². The molecule has 1 fully saturated rings. The number of hydrogen-bond acceptors (Lipinski definition) is 6. The van der Waals surface area contributed by atoms with E-state index in [9.17, 15) is 31.5 Å². The van der Waals surface area contributed by atoms with Gasteiger partial charge in [0.25, 0.3) is 0 Å². The average Bonchev–Trinajstić information content (AvgIpc) is 3.22. The van der Waals surface area contributed by atoms with Crippen molar-refractivity contribution in [3.05, 3.63) is 64.1 Å². The van der Waals surface area contributed by atoms with Gasteiger partial charge >= 0.3 is 11.9 Å². The first-order valence-corrected chi connectivity index (χ1v) is 13.6. The molecule has 13 heteroatoms. The molecular formula is C27H27F5N4O3S. The second-order valence-corrected chi connectivity index (χ2v) is 11.2. The van der Waals surface area contributed by atoms with Crippen LogP contribution in [0.5, 0.6) is 0 Å². The molecule has 214 valence electrons. The Morgan fingerprint density at radius 1 is 1.25 bits per heavy atom. The van der Waals surface area contributed by atoms with Crippen LogP contribution in [-0.4, -0.2) is 65.0 Å². The van der Waals surface area contributed by atoms with Crippen LogP contribution in [0.1, 0.15) is 36.9 Å². The van der Waals surface area contributed by atoms with Crippen LogP contribution in [-0.2, 0) is 15.7 Å². The lowest BCUT2D eigenvalue weighted by molar-refractivity contribution is -0.138. The van der Waals surface area contributed by atoms with Crippen LogP contribution in [0.3, 0.4) is 0 Å². The van der Waals surface area contributed by atoms with Crippen molar-refractivity contribution in [2.75, 3.05) is 37.5 Å². The summed E-state index contributed by atoms with van der Waals surface area (Å²) < 4.78 is 79.3. The smallest absolute Gasteiger partial charge is 0.383 e. The van der Waals surface area contributed by atoms with Gasteiger partial charge in [-0.1, -0.05) is 6.58 Å². The number of alkyl halides is 3. The fourth-order valence-electron chi connectivity index (χ4n) is 5.98. The lowest BCUT2D eigenvalue weighted by atomic mass is 9.91. The maximum atomic E-state index is 14.8. The highest BCUT2D eigenvalue weighted by atomic mass is 32.2. The van der Waals surface area contributed by atoms with Gasteiger partial charge in [0.1, 0.15) is 17.5 Å². The number of carbonyl (C=O) groups excluding carboxylic acids is 1. The van der Waals surface area contributed by atoms with Gasteiger partial charge < -0.3 is 14.5 Å². The Morgan fingerprint density at radius 2 is 1.93 bits per heavy atom. The number of thioether (sulfide) groups is 1. The summed E-state index contributed by atoms with van der Waals surface area (Å²) in [6.45, 7) is 7.63. The molecule has 3 heterocycles. The van der Waals surface area contributed by atoms with E-state index in [1.165, 1.54) is 17.8 Å². The first-order chi connectivity index (χ1) is 18.9. The predicted octanol–water partition coefficient (Wildman–Crippen LogP) is 5.12. The Morgan fingerprint density at radius 3 is 2.48 bits per heavy atom. The van der Waals surface area contributed by atoms with Crippen molar-refractivity contribution in [3.8, 4) is 0 Å². The van der Waals surface area contributed by atoms with Crippen LogP contribution >= 0.6 is 11.8 Å². The fraction of sp³-hybridized carbons (Fsp3) is 0.444. The van der Waals surface area contributed by atoms with Crippen molar-refractivity contribution in [2.45, 2.75) is 49.0 Å². The molecule has 5 rings (SSSR count). The largest absolute Gasteiger partial charge is 0.416 e. The van der Waals surface area contributed by atoms with Crippen molar-refractivity contribution in [2.24, 2.45) is 0 Å². The highest BCUT2D eigenvalue weighted by Gasteiger charge is 2.43. The van der Waals surface area contributed by atoms with E-state index in [-0.39, 0.29) is 65.1 Å². The number of piperazine rings is 1. The standard InChI is InChI=1S/C27H27F5N4O3S/c1-5-21(37)35-13(2)9-34(10-14(35)3)25-18-8-19(27(30,31)32)22(17-6-15(28)7-20(17)29)24-23(18)36(26(38)33-25)16(11-39-4)12-40-24/h5-8,13-14,16-17H,1,9-12H2,2-4H3/t13-,14+,16-,17?/m0/s1. The van der Waals surface area contributed by atoms with Gasteiger partial charge in [-0.3, -0.25) is 9.36 Å². The molecule has 2 aliphatic heterocycles. The highest BCUT2D eigenvalue weighted by molar-refractivity contribution is 7.99. The first kappa shape index (κ1) is 28.3. The third-order valence-corrected chi connectivity index (χ3v) is 8.74. The molecular weight excluding hydrogens is 555 g/mol. The van der Waals surface area contributed by atoms with Crippen LogP contribution in [0, 0.1) is 0 Å². The molecule has 0 bridgehead atoms. The van der Waals surface area contributed by atoms with E-state index in [1.807, 2.05) is 0 Å². The summed E-state index contributed by atoms with van der Waals surface area (Å²) >= 11 is 1.05. The number of nitrogens with zero attached hydrogens (tertiary/aromatic N) is 4. The van der Waals surface area contributed by atoms with Gasteiger partial charge in [0.15, 0.2) is 0 Å². The number of halogens is 5. The minimum Gasteiger partial charge on any atom is -0.383 e. The molecule has 0 N–H and O–H groups in total. The van der Waals surface area contributed by atoms with Gasteiger partial charge in [0, 0.05) is 54.4 Å². The van der Waals surface area contributed by atoms with Crippen LogP contribution in [0.25, 0.3) is 10.9 Å². The topological polar surface area (TPSA) is 67.7 Å². The van der Waals surface area contributed by atoms with Crippen molar-refractivity contribution < 1.29 is 31.5 Å². The van der Waals surface area contributed by atoms with E-state index < -0.39 is 46.6 Å². The summed E-state index contributed by atoms with van der Waals surface area (Å²) in [6.07, 6.45) is -2.33. The number of methoxy groups -OCH3 is 1. The normalized spacial score (nSPS) is 24.8. The van der Waals surface area contributed by atoms with Gasteiger partial charge in [0.2, 0.25) is 5.91 Å². The van der Waals surface area contributed by atoms with Crippen molar-refractivity contribution in [3.63, 3.8) is 0 Å². The molecule has 1 aromatic heterocycles. The number of allylic oxidation sites excluding steroid dienone is 4. The first-order valence-electron chi connectivity index (χ1n) is 12.6. The third-order valence-electron chi connectivity index (χ3n) is 7.49. The summed E-state index contributed by atoms with van der Waals surface area (Å²) in [4.78, 5) is 33.6. The summed E-state index contributed by atoms with van der Waals surface area (Å²) in [6, 6.07) is -0.372. The van der Waals surface area contributed by atoms with E-state index in [1.54, 1.807) is 23.6 Å². The molecule has 4 atom stereocenters. The number of benzene rings is 1.